The first-order valence-electron chi connectivity index (χ1n) is 11.5. The van der Waals surface area contributed by atoms with Crippen LogP contribution >= 0.6 is 0 Å². The van der Waals surface area contributed by atoms with Gasteiger partial charge in [-0.3, -0.25) is 19.4 Å². The Kier molecular flexibility index (Phi) is 13.2. The molecule has 0 radical (unpaired) electrons. The van der Waals surface area contributed by atoms with E-state index in [1.54, 1.807) is 13.8 Å². The number of aliphatic imine (C=N–C) groups is 1. The Morgan fingerprint density at radius 3 is 2.12 bits per heavy atom. The Balaban J connectivity index is 3.51. The number of amidine groups is 1. The maximum absolute atomic E-state index is 13.2. The molecule has 0 saturated carbocycles. The average molecular weight is 473 g/mol. The van der Waals surface area contributed by atoms with Crippen LogP contribution in [0.5, 0.6) is 0 Å². The van der Waals surface area contributed by atoms with Crippen LogP contribution in [-0.2, 0) is 35.3 Å². The number of benzene rings is 1. The van der Waals surface area contributed by atoms with Gasteiger partial charge in [0.1, 0.15) is 18.6 Å². The van der Waals surface area contributed by atoms with Crippen molar-refractivity contribution < 1.29 is 28.7 Å². The van der Waals surface area contributed by atoms with Crippen molar-refractivity contribution in [3.05, 3.63) is 59.2 Å². The molecule has 186 valence electrons. The summed E-state index contributed by atoms with van der Waals surface area (Å²) >= 11 is 0. The van der Waals surface area contributed by atoms with Crippen molar-refractivity contribution in [3.63, 3.8) is 0 Å². The normalized spacial score (nSPS) is 12.0. The molecule has 0 saturated heterocycles. The number of ether oxygens (including phenoxy) is 2. The maximum Gasteiger partial charge on any atom is 0.341 e. The average Bonchev–Trinajstić information content (AvgIpc) is 2.83. The van der Waals surface area contributed by atoms with Crippen LogP contribution in [0, 0.1) is 0 Å². The van der Waals surface area contributed by atoms with E-state index in [1.165, 1.54) is 7.05 Å². The zero-order valence-corrected chi connectivity index (χ0v) is 20.9. The molecule has 8 heteroatoms. The minimum absolute atomic E-state index is 0.0215. The third-order valence-electron chi connectivity index (χ3n) is 4.88. The molecule has 0 aliphatic heterocycles. The lowest BCUT2D eigenvalue weighted by Gasteiger charge is -2.25. The first-order valence-corrected chi connectivity index (χ1v) is 11.5. The summed E-state index contributed by atoms with van der Waals surface area (Å²) in [6.45, 7) is 11.6. The number of rotatable bonds is 13. The molecule has 0 fully saturated rings. The lowest BCUT2D eigenvalue weighted by molar-refractivity contribution is -0.170. The van der Waals surface area contributed by atoms with Gasteiger partial charge in [0.15, 0.2) is 5.84 Å². The third-order valence-corrected chi connectivity index (χ3v) is 4.88. The van der Waals surface area contributed by atoms with Crippen LogP contribution in [-0.4, -0.2) is 49.0 Å². The molecule has 0 aromatic heterocycles. The molecule has 0 aliphatic carbocycles. The molecule has 1 rings (SSSR count). The van der Waals surface area contributed by atoms with E-state index in [1.807, 2.05) is 44.2 Å². The smallest absolute Gasteiger partial charge is 0.341 e. The highest BCUT2D eigenvalue weighted by Gasteiger charge is 2.32. The largest absolute Gasteiger partial charge is 0.466 e. The fourth-order valence-electron chi connectivity index (χ4n) is 3.09. The van der Waals surface area contributed by atoms with Gasteiger partial charge in [-0.15, -0.1) is 0 Å². The quantitative estimate of drug-likeness (QED) is 0.0795. The number of carbonyl (C=O) groups excluding carboxylic acids is 3. The fourth-order valence-corrected chi connectivity index (χ4v) is 3.09. The van der Waals surface area contributed by atoms with Crippen molar-refractivity contribution in [1.29, 1.82) is 0 Å². The molecule has 0 bridgehead atoms. The summed E-state index contributed by atoms with van der Waals surface area (Å²) < 4.78 is 10.2. The SMILES string of the molecule is C=C(CC)C/C(CC)=C(/C(=O)OCC)C(=NC)N(OCc1ccccc1)C(=O)CC(=O)OCC. The number of hydrogen-bond donors (Lipinski definition) is 0. The minimum atomic E-state index is -0.707. The van der Waals surface area contributed by atoms with Crippen molar-refractivity contribution >= 4 is 23.7 Å². The lowest BCUT2D eigenvalue weighted by Crippen LogP contribution is -2.41. The van der Waals surface area contributed by atoms with Crippen molar-refractivity contribution in [2.24, 2.45) is 4.99 Å². The molecule has 0 spiro atoms. The molecule has 1 aromatic carbocycles. The van der Waals surface area contributed by atoms with E-state index in [-0.39, 0.29) is 31.2 Å². The van der Waals surface area contributed by atoms with E-state index in [0.717, 1.165) is 22.6 Å². The number of amides is 1. The Morgan fingerprint density at radius 2 is 1.59 bits per heavy atom. The Labute approximate surface area is 202 Å². The number of allylic oxidation sites excluding steroid dienone is 2. The van der Waals surface area contributed by atoms with Gasteiger partial charge in [0, 0.05) is 7.05 Å². The third kappa shape index (κ3) is 8.94. The van der Waals surface area contributed by atoms with E-state index >= 15 is 0 Å². The predicted octanol–water partition coefficient (Wildman–Crippen LogP) is 4.55. The summed E-state index contributed by atoms with van der Waals surface area (Å²) in [6, 6.07) is 9.21. The van der Waals surface area contributed by atoms with Crippen LogP contribution in [0.15, 0.2) is 58.6 Å². The zero-order valence-electron chi connectivity index (χ0n) is 20.9. The van der Waals surface area contributed by atoms with Crippen molar-refractivity contribution in [1.82, 2.24) is 5.06 Å². The van der Waals surface area contributed by atoms with Crippen molar-refractivity contribution in [2.75, 3.05) is 20.3 Å². The molecule has 34 heavy (non-hydrogen) atoms. The molecule has 0 heterocycles. The van der Waals surface area contributed by atoms with Crippen LogP contribution in [0.3, 0.4) is 0 Å². The second-order valence-corrected chi connectivity index (χ2v) is 7.31. The molecule has 1 amide bonds. The zero-order chi connectivity index (χ0) is 25.5. The Hall–Kier alpha value is -3.26. The van der Waals surface area contributed by atoms with Crippen molar-refractivity contribution in [2.45, 2.75) is 60.0 Å². The number of hydroxylamine groups is 2. The van der Waals surface area contributed by atoms with E-state index in [0.29, 0.717) is 18.4 Å². The molecule has 1 aromatic rings. The van der Waals surface area contributed by atoms with E-state index < -0.39 is 24.3 Å². The van der Waals surface area contributed by atoms with Crippen LogP contribution < -0.4 is 0 Å². The van der Waals surface area contributed by atoms with Crippen LogP contribution in [0.1, 0.15) is 58.9 Å². The second-order valence-electron chi connectivity index (χ2n) is 7.31. The highest BCUT2D eigenvalue weighted by atomic mass is 16.7. The summed E-state index contributed by atoms with van der Waals surface area (Å²) in [5, 5.41) is 0.903. The molecule has 0 aliphatic rings. The van der Waals surface area contributed by atoms with E-state index in [2.05, 4.69) is 11.6 Å². The van der Waals surface area contributed by atoms with Gasteiger partial charge in [-0.25, -0.2) is 4.79 Å². The summed E-state index contributed by atoms with van der Waals surface area (Å²) in [5.41, 5.74) is 2.56. The van der Waals surface area contributed by atoms with E-state index in [9.17, 15) is 14.4 Å². The molecular weight excluding hydrogens is 436 g/mol. The monoisotopic (exact) mass is 472 g/mol. The van der Waals surface area contributed by atoms with Gasteiger partial charge in [-0.05, 0) is 44.2 Å². The standard InChI is InChI=1S/C26H36N2O6/c1-7-19(5)16-21(8-2)24(26(31)33-10-4)25(27-6)28(22(29)17-23(30)32-9-3)34-18-20-14-12-11-13-15-20/h11-15H,5,7-10,16-18H2,1-4,6H3/b24-21+,27-25?. The second kappa shape index (κ2) is 15.6. The van der Waals surface area contributed by atoms with E-state index in [4.69, 9.17) is 14.3 Å². The first kappa shape index (κ1) is 28.8. The number of hydrogen-bond acceptors (Lipinski definition) is 7. The minimum Gasteiger partial charge on any atom is -0.466 e. The topological polar surface area (TPSA) is 94.5 Å². The summed E-state index contributed by atoms with van der Waals surface area (Å²) in [7, 11) is 1.45. The van der Waals surface area contributed by atoms with Gasteiger partial charge in [0.25, 0.3) is 5.91 Å². The van der Waals surface area contributed by atoms with Crippen molar-refractivity contribution in [3.8, 4) is 0 Å². The Morgan fingerprint density at radius 1 is 0.941 bits per heavy atom. The van der Waals surface area contributed by atoms with Crippen LogP contribution in [0.4, 0.5) is 0 Å². The van der Waals surface area contributed by atoms with Gasteiger partial charge in [-0.2, -0.15) is 5.06 Å². The van der Waals surface area contributed by atoms with Gasteiger partial charge < -0.3 is 9.47 Å². The predicted molar refractivity (Wildman–Crippen MR) is 131 cm³/mol. The molecule has 0 atom stereocenters. The van der Waals surface area contributed by atoms with Gasteiger partial charge in [0.2, 0.25) is 0 Å². The van der Waals surface area contributed by atoms with Gasteiger partial charge in [-0.1, -0.05) is 56.3 Å². The summed E-state index contributed by atoms with van der Waals surface area (Å²) in [4.78, 5) is 48.3. The summed E-state index contributed by atoms with van der Waals surface area (Å²) in [5.74, 6) is -2.06. The van der Waals surface area contributed by atoms with Crippen LogP contribution in [0.25, 0.3) is 0 Å². The van der Waals surface area contributed by atoms with Gasteiger partial charge in [0.05, 0.1) is 13.2 Å². The Bertz CT molecular complexity index is 905. The highest BCUT2D eigenvalue weighted by molar-refractivity contribution is 6.23. The fraction of sp³-hybridized carbons (Fsp3) is 0.462. The molecule has 0 N–H and O–H groups in total. The first-order chi connectivity index (χ1) is 16.3. The molecule has 0 unspecified atom stereocenters. The lowest BCUT2D eigenvalue weighted by atomic mass is 9.96. The summed E-state index contributed by atoms with van der Waals surface area (Å²) in [6.07, 6.45) is 1.11. The van der Waals surface area contributed by atoms with Crippen LogP contribution in [0.2, 0.25) is 0 Å². The number of nitrogens with zero attached hydrogens (tertiary/aromatic N) is 2. The highest BCUT2D eigenvalue weighted by Crippen LogP contribution is 2.24. The number of esters is 2. The number of carbonyl (C=O) groups is 3. The molecular formula is C26H36N2O6. The maximum atomic E-state index is 13.2. The molecule has 8 nitrogen and oxygen atoms in total. The van der Waals surface area contributed by atoms with Gasteiger partial charge >= 0.3 is 11.9 Å².